The fraction of sp³-hybridized carbons (Fsp3) is 0.462. The molecule has 2 aliphatic heterocycles. The standard InChI is InChI=1S/C13H15NO4/c15-13(16)12(9-3-4-14-6-9)8-1-2-10-11(5-8)18-7-17-10/h1-2,5,9,12,14H,3-4,6-7H2,(H,15,16). The largest absolute Gasteiger partial charge is 0.481 e. The van der Waals surface area contributed by atoms with Crippen molar-refractivity contribution < 1.29 is 19.4 Å². The van der Waals surface area contributed by atoms with E-state index in [-0.39, 0.29) is 12.7 Å². The molecule has 2 atom stereocenters. The summed E-state index contributed by atoms with van der Waals surface area (Å²) >= 11 is 0. The number of benzene rings is 1. The number of nitrogens with one attached hydrogen (secondary N) is 1. The van der Waals surface area contributed by atoms with Gasteiger partial charge in [-0.2, -0.15) is 0 Å². The number of hydrogen-bond donors (Lipinski definition) is 2. The van der Waals surface area contributed by atoms with Crippen molar-refractivity contribution in [2.75, 3.05) is 19.9 Å². The molecular formula is C13H15NO4. The Morgan fingerprint density at radius 2 is 2.22 bits per heavy atom. The summed E-state index contributed by atoms with van der Waals surface area (Å²) in [5, 5.41) is 12.6. The second-order valence-corrected chi connectivity index (χ2v) is 4.68. The second-order valence-electron chi connectivity index (χ2n) is 4.68. The molecule has 5 nitrogen and oxygen atoms in total. The molecule has 1 fully saturated rings. The third-order valence-corrected chi connectivity index (χ3v) is 3.59. The van der Waals surface area contributed by atoms with Crippen LogP contribution < -0.4 is 14.8 Å². The number of fused-ring (bicyclic) bond motifs is 1. The van der Waals surface area contributed by atoms with Crippen LogP contribution in [0, 0.1) is 5.92 Å². The number of carboxylic acid groups (broad SMARTS) is 1. The maximum atomic E-state index is 11.5. The van der Waals surface area contributed by atoms with Crippen LogP contribution in [0.1, 0.15) is 17.9 Å². The summed E-state index contributed by atoms with van der Waals surface area (Å²) in [4.78, 5) is 11.5. The van der Waals surface area contributed by atoms with Crippen LogP contribution in [0.15, 0.2) is 18.2 Å². The van der Waals surface area contributed by atoms with E-state index in [9.17, 15) is 9.90 Å². The molecular weight excluding hydrogens is 234 g/mol. The van der Waals surface area contributed by atoms with Gasteiger partial charge in [-0.05, 0) is 43.1 Å². The summed E-state index contributed by atoms with van der Waals surface area (Å²) in [6.45, 7) is 1.85. The Kier molecular flexibility index (Phi) is 2.83. The van der Waals surface area contributed by atoms with Gasteiger partial charge in [0.05, 0.1) is 5.92 Å². The minimum Gasteiger partial charge on any atom is -0.481 e. The van der Waals surface area contributed by atoms with Crippen molar-refractivity contribution in [1.82, 2.24) is 5.32 Å². The van der Waals surface area contributed by atoms with E-state index < -0.39 is 11.9 Å². The number of aliphatic carboxylic acids is 1. The summed E-state index contributed by atoms with van der Waals surface area (Å²) in [7, 11) is 0. The number of hydrogen-bond acceptors (Lipinski definition) is 4. The number of carbonyl (C=O) groups is 1. The molecule has 0 aliphatic carbocycles. The fourth-order valence-corrected chi connectivity index (χ4v) is 2.68. The predicted molar refractivity (Wildman–Crippen MR) is 63.9 cm³/mol. The smallest absolute Gasteiger partial charge is 0.311 e. The normalized spacial score (nSPS) is 23.0. The molecule has 5 heteroatoms. The van der Waals surface area contributed by atoms with Crippen molar-refractivity contribution in [1.29, 1.82) is 0 Å². The van der Waals surface area contributed by atoms with Gasteiger partial charge in [-0.1, -0.05) is 6.07 Å². The highest BCUT2D eigenvalue weighted by Crippen LogP contribution is 2.37. The molecule has 1 saturated heterocycles. The summed E-state index contributed by atoms with van der Waals surface area (Å²) in [5.74, 6) is 0.220. The average molecular weight is 249 g/mol. The van der Waals surface area contributed by atoms with E-state index >= 15 is 0 Å². The Hall–Kier alpha value is -1.75. The molecule has 1 aromatic rings. The first-order valence-corrected chi connectivity index (χ1v) is 6.09. The van der Waals surface area contributed by atoms with Crippen LogP contribution in [0.5, 0.6) is 11.5 Å². The predicted octanol–water partition coefficient (Wildman–Crippen LogP) is 1.19. The quantitative estimate of drug-likeness (QED) is 0.842. The maximum Gasteiger partial charge on any atom is 0.311 e. The van der Waals surface area contributed by atoms with Crippen LogP contribution >= 0.6 is 0 Å². The van der Waals surface area contributed by atoms with Crippen molar-refractivity contribution in [3.05, 3.63) is 23.8 Å². The molecule has 0 radical (unpaired) electrons. The summed E-state index contributed by atoms with van der Waals surface area (Å²) in [6.07, 6.45) is 0.894. The Morgan fingerprint density at radius 1 is 1.39 bits per heavy atom. The lowest BCUT2D eigenvalue weighted by atomic mass is 9.85. The molecule has 0 saturated carbocycles. The lowest BCUT2D eigenvalue weighted by molar-refractivity contribution is -0.140. The van der Waals surface area contributed by atoms with Crippen LogP contribution in [0.4, 0.5) is 0 Å². The number of rotatable bonds is 3. The molecule has 2 heterocycles. The van der Waals surface area contributed by atoms with Gasteiger partial charge in [0.15, 0.2) is 11.5 Å². The summed E-state index contributed by atoms with van der Waals surface area (Å²) < 4.78 is 10.5. The molecule has 18 heavy (non-hydrogen) atoms. The van der Waals surface area contributed by atoms with Crippen molar-refractivity contribution in [3.63, 3.8) is 0 Å². The highest BCUT2D eigenvalue weighted by atomic mass is 16.7. The van der Waals surface area contributed by atoms with Gasteiger partial charge >= 0.3 is 5.97 Å². The maximum absolute atomic E-state index is 11.5. The molecule has 0 aromatic heterocycles. The number of carboxylic acids is 1. The zero-order chi connectivity index (χ0) is 12.5. The van der Waals surface area contributed by atoms with E-state index in [1.54, 1.807) is 12.1 Å². The Morgan fingerprint density at radius 3 is 2.94 bits per heavy atom. The Balaban J connectivity index is 1.92. The Labute approximate surface area is 105 Å². The molecule has 2 unspecified atom stereocenters. The van der Waals surface area contributed by atoms with Gasteiger partial charge in [0, 0.05) is 0 Å². The molecule has 1 aromatic carbocycles. The Bertz CT molecular complexity index is 468. The van der Waals surface area contributed by atoms with Gasteiger partial charge in [0.25, 0.3) is 0 Å². The molecule has 0 bridgehead atoms. The topological polar surface area (TPSA) is 67.8 Å². The van der Waals surface area contributed by atoms with E-state index in [2.05, 4.69) is 5.32 Å². The first kappa shape index (κ1) is 11.3. The van der Waals surface area contributed by atoms with Gasteiger partial charge in [0.2, 0.25) is 6.79 Å². The zero-order valence-electron chi connectivity index (χ0n) is 9.89. The highest BCUT2D eigenvalue weighted by molar-refractivity contribution is 5.77. The van der Waals surface area contributed by atoms with E-state index in [0.29, 0.717) is 11.5 Å². The lowest BCUT2D eigenvalue weighted by Crippen LogP contribution is -2.23. The first-order valence-electron chi connectivity index (χ1n) is 6.09. The second kappa shape index (κ2) is 4.49. The van der Waals surface area contributed by atoms with Crippen LogP contribution in [-0.4, -0.2) is 31.0 Å². The van der Waals surface area contributed by atoms with Gasteiger partial charge in [-0.25, -0.2) is 0 Å². The van der Waals surface area contributed by atoms with Gasteiger partial charge in [-0.15, -0.1) is 0 Å². The molecule has 96 valence electrons. The molecule has 0 amide bonds. The minimum absolute atomic E-state index is 0.142. The average Bonchev–Trinajstić information content (AvgIpc) is 2.98. The van der Waals surface area contributed by atoms with Crippen molar-refractivity contribution in [2.24, 2.45) is 5.92 Å². The first-order chi connectivity index (χ1) is 8.75. The van der Waals surface area contributed by atoms with Gasteiger partial charge in [-0.3, -0.25) is 4.79 Å². The van der Waals surface area contributed by atoms with Gasteiger partial charge in [0.1, 0.15) is 0 Å². The number of ether oxygens (including phenoxy) is 2. The molecule has 2 aliphatic rings. The van der Waals surface area contributed by atoms with Crippen LogP contribution in [-0.2, 0) is 4.79 Å². The van der Waals surface area contributed by atoms with Crippen molar-refractivity contribution >= 4 is 5.97 Å². The summed E-state index contributed by atoms with van der Waals surface area (Å²) in [5.41, 5.74) is 0.792. The SMILES string of the molecule is O=C(O)C(c1ccc2c(c1)OCO2)C1CCNC1. The molecule has 2 N–H and O–H groups in total. The van der Waals surface area contributed by atoms with Crippen molar-refractivity contribution in [3.8, 4) is 11.5 Å². The lowest BCUT2D eigenvalue weighted by Gasteiger charge is -2.19. The summed E-state index contributed by atoms with van der Waals surface area (Å²) in [6, 6.07) is 5.40. The van der Waals surface area contributed by atoms with E-state index in [0.717, 1.165) is 25.1 Å². The van der Waals surface area contributed by atoms with Crippen LogP contribution in [0.2, 0.25) is 0 Å². The highest BCUT2D eigenvalue weighted by Gasteiger charge is 2.32. The third-order valence-electron chi connectivity index (χ3n) is 3.59. The molecule has 3 rings (SSSR count). The molecule has 0 spiro atoms. The van der Waals surface area contributed by atoms with E-state index in [1.807, 2.05) is 6.07 Å². The van der Waals surface area contributed by atoms with E-state index in [1.165, 1.54) is 0 Å². The fourth-order valence-electron chi connectivity index (χ4n) is 2.68. The van der Waals surface area contributed by atoms with Crippen LogP contribution in [0.25, 0.3) is 0 Å². The van der Waals surface area contributed by atoms with Gasteiger partial charge < -0.3 is 19.9 Å². The third kappa shape index (κ3) is 1.90. The zero-order valence-corrected chi connectivity index (χ0v) is 9.89. The van der Waals surface area contributed by atoms with E-state index in [4.69, 9.17) is 9.47 Å². The monoisotopic (exact) mass is 249 g/mol. The minimum atomic E-state index is -0.775. The van der Waals surface area contributed by atoms with Crippen molar-refractivity contribution in [2.45, 2.75) is 12.3 Å². The van der Waals surface area contributed by atoms with Crippen LogP contribution in [0.3, 0.4) is 0 Å².